The van der Waals surface area contributed by atoms with E-state index in [0.717, 1.165) is 0 Å². The van der Waals surface area contributed by atoms with Crippen LogP contribution in [0, 0.1) is 0 Å². The summed E-state index contributed by atoms with van der Waals surface area (Å²) in [5.74, 6) is 0. The highest BCUT2D eigenvalue weighted by atomic mass is 28.3. The van der Waals surface area contributed by atoms with Crippen LogP contribution in [0.2, 0.25) is 0 Å². The van der Waals surface area contributed by atoms with E-state index in [9.17, 15) is 0 Å². The van der Waals surface area contributed by atoms with Crippen molar-refractivity contribution in [1.82, 2.24) is 9.13 Å². The first-order valence-corrected chi connectivity index (χ1v) is 4.34. The van der Waals surface area contributed by atoms with Crippen LogP contribution in [0.4, 0.5) is 0 Å². The maximum Gasteiger partial charge on any atom is 0.266 e. The highest BCUT2D eigenvalue weighted by Crippen LogP contribution is 1.79. The number of hydrogen-bond donors (Lipinski definition) is 1. The summed E-state index contributed by atoms with van der Waals surface area (Å²) < 4.78 is 4.17. The fourth-order valence-electron chi connectivity index (χ4n) is 0.462. The lowest BCUT2D eigenvalue weighted by atomic mass is 11.3. The molecule has 0 spiro atoms. The molecule has 4 heteroatoms. The molecule has 0 atom stereocenters. The smallest absolute Gasteiger partial charge is 0.266 e. The molecule has 0 aromatic heterocycles. The van der Waals surface area contributed by atoms with Crippen LogP contribution in [-0.4, -0.2) is 46.6 Å². The van der Waals surface area contributed by atoms with Gasteiger partial charge in [0.15, 0.2) is 0 Å². The third-order valence-electron chi connectivity index (χ3n) is 1.06. The summed E-state index contributed by atoms with van der Waals surface area (Å²) in [6, 6.07) is 0. The van der Waals surface area contributed by atoms with E-state index in [-0.39, 0.29) is 0 Å². The molecule has 0 radical (unpaired) electrons. The third-order valence-corrected chi connectivity index (χ3v) is 3.17. The van der Waals surface area contributed by atoms with Gasteiger partial charge >= 0.3 is 0 Å². The fraction of sp³-hybridized carbons (Fsp3) is 1.00. The first-order chi connectivity index (χ1) is 3.55. The Hall–Kier alpha value is 0.0969. The molecule has 0 aliphatic carbocycles. The Kier molecular flexibility index (Phi) is 3.23. The van der Waals surface area contributed by atoms with Gasteiger partial charge in [0.25, 0.3) is 9.28 Å². The summed E-state index contributed by atoms with van der Waals surface area (Å²) in [4.78, 5) is 0. The maximum absolute atomic E-state index is 5.75. The second kappa shape index (κ2) is 3.19. The predicted octanol–water partition coefficient (Wildman–Crippen LogP) is -1.21. The van der Waals surface area contributed by atoms with E-state index in [1.807, 2.05) is 28.2 Å². The predicted molar refractivity (Wildman–Crippen MR) is 38.7 cm³/mol. The second-order valence-electron chi connectivity index (χ2n) is 2.34. The minimum absolute atomic E-state index is 1.18. The quantitative estimate of drug-likeness (QED) is 0.480. The minimum Gasteiger partial charge on any atom is -0.329 e. The zero-order valence-corrected chi connectivity index (χ0v) is 7.20. The SMILES string of the molecule is CN(C)[SiH](N)N(C)C. The molecule has 0 fully saturated rings. The van der Waals surface area contributed by atoms with Crippen LogP contribution < -0.4 is 5.40 Å². The summed E-state index contributed by atoms with van der Waals surface area (Å²) in [5, 5.41) is 5.75. The van der Waals surface area contributed by atoms with Crippen molar-refractivity contribution in [2.45, 2.75) is 0 Å². The van der Waals surface area contributed by atoms with Crippen molar-refractivity contribution < 1.29 is 0 Å². The standard InChI is InChI=1S/C4H15N3Si/c1-6(2)8(5)7(3)4/h8H,5H2,1-4H3. The molecule has 0 aromatic carbocycles. The summed E-state index contributed by atoms with van der Waals surface area (Å²) in [6.45, 7) is 0. The van der Waals surface area contributed by atoms with Gasteiger partial charge in [-0.15, -0.1) is 0 Å². The van der Waals surface area contributed by atoms with E-state index in [4.69, 9.17) is 5.40 Å². The van der Waals surface area contributed by atoms with Gasteiger partial charge in [-0.25, -0.2) is 0 Å². The lowest BCUT2D eigenvalue weighted by Crippen LogP contribution is -2.53. The summed E-state index contributed by atoms with van der Waals surface area (Å²) in [7, 11) is 6.86. The molecule has 50 valence electrons. The second-order valence-corrected chi connectivity index (χ2v) is 5.23. The van der Waals surface area contributed by atoms with Crippen molar-refractivity contribution >= 4 is 9.28 Å². The first-order valence-electron chi connectivity index (χ1n) is 2.64. The molecule has 0 unspecified atom stereocenters. The highest BCUT2D eigenvalue weighted by molar-refractivity contribution is 6.48. The van der Waals surface area contributed by atoms with Crippen LogP contribution in [-0.2, 0) is 0 Å². The van der Waals surface area contributed by atoms with Gasteiger partial charge in [-0.1, -0.05) is 0 Å². The molecular formula is C4H15N3Si. The van der Waals surface area contributed by atoms with Crippen LogP contribution >= 0.6 is 0 Å². The molecule has 0 amide bonds. The Morgan fingerprint density at radius 1 is 1.00 bits per heavy atom. The topological polar surface area (TPSA) is 32.5 Å². The van der Waals surface area contributed by atoms with E-state index in [1.54, 1.807) is 0 Å². The fourth-order valence-corrected chi connectivity index (χ4v) is 1.39. The number of hydrogen-bond acceptors (Lipinski definition) is 3. The number of rotatable bonds is 2. The zero-order chi connectivity index (χ0) is 6.73. The molecular weight excluding hydrogens is 118 g/mol. The first kappa shape index (κ1) is 8.10. The van der Waals surface area contributed by atoms with Gasteiger partial charge in [0, 0.05) is 0 Å². The van der Waals surface area contributed by atoms with E-state index in [0.29, 0.717) is 0 Å². The zero-order valence-electron chi connectivity index (χ0n) is 6.05. The Morgan fingerprint density at radius 3 is 1.25 bits per heavy atom. The maximum atomic E-state index is 5.75. The summed E-state index contributed by atoms with van der Waals surface area (Å²) in [6.07, 6.45) is 0. The minimum atomic E-state index is -1.18. The molecule has 0 rings (SSSR count). The van der Waals surface area contributed by atoms with E-state index >= 15 is 0 Å². The molecule has 0 aliphatic heterocycles. The van der Waals surface area contributed by atoms with Gasteiger partial charge < -0.3 is 14.5 Å². The van der Waals surface area contributed by atoms with Gasteiger partial charge in [0.1, 0.15) is 0 Å². The van der Waals surface area contributed by atoms with Crippen LogP contribution in [0.15, 0.2) is 0 Å². The van der Waals surface area contributed by atoms with Crippen molar-refractivity contribution in [3.05, 3.63) is 0 Å². The molecule has 2 N–H and O–H groups in total. The highest BCUT2D eigenvalue weighted by Gasteiger charge is 2.08. The van der Waals surface area contributed by atoms with Crippen LogP contribution in [0.1, 0.15) is 0 Å². The van der Waals surface area contributed by atoms with E-state index in [1.165, 1.54) is 0 Å². The van der Waals surface area contributed by atoms with Gasteiger partial charge in [0.2, 0.25) is 0 Å². The average molecular weight is 133 g/mol. The Labute approximate surface area is 52.9 Å². The summed E-state index contributed by atoms with van der Waals surface area (Å²) >= 11 is 0. The van der Waals surface area contributed by atoms with Crippen molar-refractivity contribution in [1.29, 1.82) is 0 Å². The molecule has 0 aliphatic rings. The largest absolute Gasteiger partial charge is 0.329 e. The number of nitrogens with two attached hydrogens (primary N) is 1. The van der Waals surface area contributed by atoms with Crippen molar-refractivity contribution in [3.8, 4) is 0 Å². The Balaban J connectivity index is 3.46. The Bertz CT molecular complexity index is 56.3. The third kappa shape index (κ3) is 2.42. The molecule has 0 aromatic rings. The van der Waals surface area contributed by atoms with E-state index < -0.39 is 9.28 Å². The normalized spacial score (nSPS) is 12.0. The van der Waals surface area contributed by atoms with Gasteiger partial charge in [-0.3, -0.25) is 0 Å². The van der Waals surface area contributed by atoms with Crippen LogP contribution in [0.25, 0.3) is 0 Å². The summed E-state index contributed by atoms with van der Waals surface area (Å²) in [5.41, 5.74) is 0. The van der Waals surface area contributed by atoms with Crippen LogP contribution in [0.3, 0.4) is 0 Å². The van der Waals surface area contributed by atoms with E-state index in [2.05, 4.69) is 9.13 Å². The average Bonchev–Trinajstić information content (AvgIpc) is 1.64. The van der Waals surface area contributed by atoms with Crippen molar-refractivity contribution in [3.63, 3.8) is 0 Å². The lowest BCUT2D eigenvalue weighted by Gasteiger charge is -2.23. The van der Waals surface area contributed by atoms with Gasteiger partial charge in [0.05, 0.1) is 0 Å². The lowest BCUT2D eigenvalue weighted by molar-refractivity contribution is 0.517. The van der Waals surface area contributed by atoms with Gasteiger partial charge in [-0.2, -0.15) is 0 Å². The molecule has 0 bridgehead atoms. The van der Waals surface area contributed by atoms with Crippen molar-refractivity contribution in [2.24, 2.45) is 5.40 Å². The molecule has 3 nitrogen and oxygen atoms in total. The molecule has 8 heavy (non-hydrogen) atoms. The molecule has 0 saturated carbocycles. The Morgan fingerprint density at radius 2 is 1.25 bits per heavy atom. The number of nitrogens with zero attached hydrogens (tertiary/aromatic N) is 2. The van der Waals surface area contributed by atoms with Crippen molar-refractivity contribution in [2.75, 3.05) is 28.2 Å². The van der Waals surface area contributed by atoms with Gasteiger partial charge in [-0.05, 0) is 28.2 Å². The molecule has 0 saturated heterocycles. The molecule has 0 heterocycles. The monoisotopic (exact) mass is 133 g/mol. The van der Waals surface area contributed by atoms with Crippen LogP contribution in [0.5, 0.6) is 0 Å².